The normalized spacial score (nSPS) is 11.3. The summed E-state index contributed by atoms with van der Waals surface area (Å²) in [4.78, 5) is 26.6. The first-order chi connectivity index (χ1) is 15.6. The third-order valence-corrected chi connectivity index (χ3v) is 5.14. The molecule has 6 nitrogen and oxygen atoms in total. The summed E-state index contributed by atoms with van der Waals surface area (Å²) in [5.74, 6) is -6.07. The zero-order valence-electron chi connectivity index (χ0n) is 19.1. The van der Waals surface area contributed by atoms with Crippen molar-refractivity contribution in [3.05, 3.63) is 58.2 Å². The van der Waals surface area contributed by atoms with Crippen LogP contribution < -0.4 is 5.32 Å². The van der Waals surface area contributed by atoms with Crippen molar-refractivity contribution in [1.82, 2.24) is 9.47 Å². The van der Waals surface area contributed by atoms with Gasteiger partial charge in [-0.15, -0.1) is 0 Å². The van der Waals surface area contributed by atoms with Crippen LogP contribution in [-0.2, 0) is 16.1 Å². The Kier molecular flexibility index (Phi) is 8.85. The van der Waals surface area contributed by atoms with Gasteiger partial charge in [-0.2, -0.15) is 5.26 Å². The van der Waals surface area contributed by atoms with Crippen molar-refractivity contribution in [3.8, 4) is 6.07 Å². The van der Waals surface area contributed by atoms with E-state index in [0.29, 0.717) is 12.5 Å². The van der Waals surface area contributed by atoms with Crippen LogP contribution in [0.4, 0.5) is 18.9 Å². The maximum Gasteiger partial charge on any atom is 0.264 e. The highest BCUT2D eigenvalue weighted by Gasteiger charge is 2.22. The number of nitriles is 1. The molecule has 2 rings (SSSR count). The first-order valence-corrected chi connectivity index (χ1v) is 10.7. The molecule has 1 aromatic carbocycles. The number of nitrogens with one attached hydrogen (secondary N) is 1. The van der Waals surface area contributed by atoms with Crippen molar-refractivity contribution < 1.29 is 22.8 Å². The molecule has 0 saturated carbocycles. The van der Waals surface area contributed by atoms with Gasteiger partial charge in [-0.25, -0.2) is 13.2 Å². The summed E-state index contributed by atoms with van der Waals surface area (Å²) in [5.41, 5.74) is 1.97. The average Bonchev–Trinajstić information content (AvgIpc) is 3.04. The van der Waals surface area contributed by atoms with E-state index in [1.54, 1.807) is 6.92 Å². The number of benzene rings is 1. The minimum atomic E-state index is -1.70. The molecule has 0 bridgehead atoms. The van der Waals surface area contributed by atoms with Gasteiger partial charge in [-0.05, 0) is 56.5 Å². The summed E-state index contributed by atoms with van der Waals surface area (Å²) in [5, 5.41) is 11.7. The summed E-state index contributed by atoms with van der Waals surface area (Å²) in [6.07, 6.45) is 2.93. The van der Waals surface area contributed by atoms with Gasteiger partial charge < -0.3 is 14.8 Å². The lowest BCUT2D eigenvalue weighted by Crippen LogP contribution is -2.39. The number of halogens is 3. The van der Waals surface area contributed by atoms with Crippen LogP contribution in [0.25, 0.3) is 6.08 Å². The van der Waals surface area contributed by atoms with Gasteiger partial charge >= 0.3 is 0 Å². The molecule has 0 fully saturated rings. The molecule has 0 aliphatic carbocycles. The molecule has 0 aliphatic heterocycles. The van der Waals surface area contributed by atoms with Crippen molar-refractivity contribution in [3.63, 3.8) is 0 Å². The standard InChI is InChI=1S/C24H27F3N4O2/c1-5-9-30(14-21(32)29-20-8-7-19(25)22(26)23(20)27)24(33)18(13-28)12-17-11-15(3)31(10-6-2)16(17)4/h7-8,11-12H,5-6,9-10,14H2,1-4H3,(H,29,32). The zero-order valence-corrected chi connectivity index (χ0v) is 19.1. The van der Waals surface area contributed by atoms with Gasteiger partial charge in [0.2, 0.25) is 5.91 Å². The van der Waals surface area contributed by atoms with E-state index in [1.165, 1.54) is 6.08 Å². The Morgan fingerprint density at radius 2 is 1.85 bits per heavy atom. The number of anilines is 1. The lowest BCUT2D eigenvalue weighted by atomic mass is 10.1. The van der Waals surface area contributed by atoms with Crippen LogP contribution >= 0.6 is 0 Å². The van der Waals surface area contributed by atoms with Crippen LogP contribution in [-0.4, -0.2) is 34.4 Å². The van der Waals surface area contributed by atoms with E-state index in [0.717, 1.165) is 40.9 Å². The van der Waals surface area contributed by atoms with E-state index in [-0.39, 0.29) is 12.1 Å². The third kappa shape index (κ3) is 6.04. The predicted molar refractivity (Wildman–Crippen MR) is 120 cm³/mol. The Labute approximate surface area is 191 Å². The van der Waals surface area contributed by atoms with Crippen molar-refractivity contribution in [2.75, 3.05) is 18.4 Å². The molecule has 2 aromatic rings. The fourth-order valence-corrected chi connectivity index (χ4v) is 3.52. The smallest absolute Gasteiger partial charge is 0.264 e. The molecule has 9 heteroatoms. The van der Waals surface area contributed by atoms with Gasteiger partial charge in [-0.3, -0.25) is 9.59 Å². The topological polar surface area (TPSA) is 78.1 Å². The highest BCUT2D eigenvalue weighted by molar-refractivity contribution is 6.04. The number of hydrogen-bond donors (Lipinski definition) is 1. The van der Waals surface area contributed by atoms with Gasteiger partial charge in [0.05, 0.1) is 5.69 Å². The Bertz CT molecular complexity index is 1120. The first-order valence-electron chi connectivity index (χ1n) is 10.7. The van der Waals surface area contributed by atoms with Crippen molar-refractivity contribution in [2.24, 2.45) is 0 Å². The maximum atomic E-state index is 13.9. The van der Waals surface area contributed by atoms with Gasteiger partial charge in [0, 0.05) is 24.5 Å². The molecule has 0 unspecified atom stereocenters. The number of amides is 2. The molecule has 0 radical (unpaired) electrons. The number of nitrogens with zero attached hydrogens (tertiary/aromatic N) is 3. The summed E-state index contributed by atoms with van der Waals surface area (Å²) < 4.78 is 42.5. The number of carbonyl (C=O) groups excluding carboxylic acids is 2. The minimum Gasteiger partial charge on any atom is -0.349 e. The Hall–Kier alpha value is -3.54. The molecule has 1 heterocycles. The van der Waals surface area contributed by atoms with E-state index in [4.69, 9.17) is 0 Å². The second kappa shape index (κ2) is 11.4. The van der Waals surface area contributed by atoms with Crippen molar-refractivity contribution in [1.29, 1.82) is 5.26 Å². The predicted octanol–water partition coefficient (Wildman–Crippen LogP) is 4.72. The molecule has 0 aliphatic rings. The van der Waals surface area contributed by atoms with Crippen molar-refractivity contribution >= 4 is 23.6 Å². The van der Waals surface area contributed by atoms with Crippen LogP contribution in [0.5, 0.6) is 0 Å². The number of rotatable bonds is 9. The maximum absolute atomic E-state index is 13.9. The number of hydrogen-bond acceptors (Lipinski definition) is 3. The zero-order chi connectivity index (χ0) is 24.7. The number of aromatic nitrogens is 1. The lowest BCUT2D eigenvalue weighted by molar-refractivity contribution is -0.131. The molecular weight excluding hydrogens is 433 g/mol. The van der Waals surface area contributed by atoms with E-state index in [2.05, 4.69) is 16.8 Å². The second-order valence-corrected chi connectivity index (χ2v) is 7.65. The molecule has 2 amide bonds. The summed E-state index contributed by atoms with van der Waals surface area (Å²) in [7, 11) is 0. The number of carbonyl (C=O) groups is 2. The Morgan fingerprint density at radius 1 is 1.15 bits per heavy atom. The summed E-state index contributed by atoms with van der Waals surface area (Å²) in [6.45, 7) is 8.18. The monoisotopic (exact) mass is 460 g/mol. The molecule has 0 spiro atoms. The summed E-state index contributed by atoms with van der Waals surface area (Å²) in [6, 6.07) is 5.37. The SMILES string of the molecule is CCCN(CC(=O)Nc1ccc(F)c(F)c1F)C(=O)C(C#N)=Cc1cc(C)n(CCC)c1C. The van der Waals surface area contributed by atoms with Crippen LogP contribution in [0.1, 0.15) is 43.6 Å². The summed E-state index contributed by atoms with van der Waals surface area (Å²) >= 11 is 0. The molecule has 1 N–H and O–H groups in total. The Balaban J connectivity index is 2.25. The second-order valence-electron chi connectivity index (χ2n) is 7.65. The van der Waals surface area contributed by atoms with E-state index < -0.39 is 41.5 Å². The fourth-order valence-electron chi connectivity index (χ4n) is 3.52. The van der Waals surface area contributed by atoms with Gasteiger partial charge in [0.15, 0.2) is 17.5 Å². The van der Waals surface area contributed by atoms with Gasteiger partial charge in [-0.1, -0.05) is 13.8 Å². The molecule has 1 aromatic heterocycles. The van der Waals surface area contributed by atoms with E-state index in [1.807, 2.05) is 26.0 Å². The van der Waals surface area contributed by atoms with Crippen LogP contribution in [0.3, 0.4) is 0 Å². The van der Waals surface area contributed by atoms with E-state index >= 15 is 0 Å². The van der Waals surface area contributed by atoms with Crippen LogP contribution in [0.2, 0.25) is 0 Å². The minimum absolute atomic E-state index is 0.146. The van der Waals surface area contributed by atoms with Crippen LogP contribution in [0, 0.1) is 42.6 Å². The van der Waals surface area contributed by atoms with Gasteiger partial charge in [0.1, 0.15) is 18.2 Å². The molecule has 176 valence electrons. The van der Waals surface area contributed by atoms with Gasteiger partial charge in [0.25, 0.3) is 5.91 Å². The largest absolute Gasteiger partial charge is 0.349 e. The molecule has 33 heavy (non-hydrogen) atoms. The Morgan fingerprint density at radius 3 is 2.45 bits per heavy atom. The van der Waals surface area contributed by atoms with Crippen LogP contribution in [0.15, 0.2) is 23.8 Å². The molecular formula is C24H27F3N4O2. The highest BCUT2D eigenvalue weighted by atomic mass is 19.2. The molecule has 0 saturated heterocycles. The fraction of sp³-hybridized carbons (Fsp3) is 0.375. The lowest BCUT2D eigenvalue weighted by Gasteiger charge is -2.21. The van der Waals surface area contributed by atoms with Crippen molar-refractivity contribution in [2.45, 2.75) is 47.1 Å². The average molecular weight is 461 g/mol. The molecule has 0 atom stereocenters. The number of aryl methyl sites for hydroxylation is 1. The quantitative estimate of drug-likeness (QED) is 0.334. The highest BCUT2D eigenvalue weighted by Crippen LogP contribution is 2.21. The third-order valence-electron chi connectivity index (χ3n) is 5.14. The first kappa shape index (κ1) is 25.7. The van der Waals surface area contributed by atoms with E-state index in [9.17, 15) is 28.0 Å².